The number of carbonyl (C=O) groups is 1. The lowest BCUT2D eigenvalue weighted by Gasteiger charge is -2.31. The van der Waals surface area contributed by atoms with Crippen LogP contribution in [0.15, 0.2) is 35.1 Å². The van der Waals surface area contributed by atoms with Crippen LogP contribution in [0.25, 0.3) is 22.3 Å². The highest BCUT2D eigenvalue weighted by molar-refractivity contribution is 6.31. The number of hydrogen-bond donors (Lipinski definition) is 1. The van der Waals surface area contributed by atoms with Gasteiger partial charge in [0.2, 0.25) is 0 Å². The molecule has 1 N–H and O–H groups in total. The van der Waals surface area contributed by atoms with Gasteiger partial charge in [0.05, 0.1) is 35.4 Å². The van der Waals surface area contributed by atoms with Crippen molar-refractivity contribution in [2.45, 2.75) is 38.5 Å². The van der Waals surface area contributed by atoms with Gasteiger partial charge in [-0.2, -0.15) is 0 Å². The van der Waals surface area contributed by atoms with E-state index in [1.165, 1.54) is 0 Å². The maximum absolute atomic E-state index is 13.4. The molecule has 0 saturated heterocycles. The topological polar surface area (TPSA) is 90.7 Å². The molecule has 2 aliphatic rings. The molecule has 5 rings (SSSR count). The van der Waals surface area contributed by atoms with Crippen LogP contribution in [0.2, 0.25) is 5.02 Å². The van der Waals surface area contributed by atoms with Crippen molar-refractivity contribution in [1.82, 2.24) is 9.55 Å². The highest BCUT2D eigenvalue weighted by Gasteiger charge is 2.42. The van der Waals surface area contributed by atoms with Gasteiger partial charge in [0.25, 0.3) is 5.56 Å². The number of rotatable bonds is 3. The van der Waals surface area contributed by atoms with Gasteiger partial charge in [-0.3, -0.25) is 9.59 Å². The van der Waals surface area contributed by atoms with Gasteiger partial charge in [-0.15, -0.1) is 0 Å². The molecular weight excluding hydrogens is 408 g/mol. The van der Waals surface area contributed by atoms with Crippen LogP contribution in [0.1, 0.15) is 36.5 Å². The number of aliphatic hydroxyl groups excluding tert-OH is 1. The van der Waals surface area contributed by atoms with Gasteiger partial charge in [-0.25, -0.2) is 4.98 Å². The summed E-state index contributed by atoms with van der Waals surface area (Å²) in [6.45, 7) is 1.54. The van der Waals surface area contributed by atoms with Gasteiger partial charge in [0.15, 0.2) is 0 Å². The van der Waals surface area contributed by atoms with E-state index in [2.05, 4.69) is 0 Å². The number of pyridine rings is 2. The number of carbonyl (C=O) groups excluding carboxylic acids is 1. The molecule has 2 aromatic heterocycles. The summed E-state index contributed by atoms with van der Waals surface area (Å²) in [7, 11) is 0. The fraction of sp³-hybridized carbons (Fsp3) is 0.318. The predicted octanol–water partition coefficient (Wildman–Crippen LogP) is 3.10. The van der Waals surface area contributed by atoms with Crippen molar-refractivity contribution < 1.29 is 19.4 Å². The SMILES string of the molecule is CCC1(OCO)CC(=O)OCc2c1cc1n(c2=O)Cc2cc3ccc(Cl)cc3nc2-1. The van der Waals surface area contributed by atoms with Gasteiger partial charge < -0.3 is 19.1 Å². The van der Waals surface area contributed by atoms with Crippen LogP contribution in [0, 0.1) is 0 Å². The molecule has 1 atom stereocenters. The minimum absolute atomic E-state index is 0.0758. The Balaban J connectivity index is 1.78. The first-order valence-corrected chi connectivity index (χ1v) is 10.1. The molecule has 8 heteroatoms. The summed E-state index contributed by atoms with van der Waals surface area (Å²) in [5.41, 5.74) is 2.61. The van der Waals surface area contributed by atoms with Crippen molar-refractivity contribution in [3.8, 4) is 11.4 Å². The monoisotopic (exact) mass is 426 g/mol. The molecule has 0 aliphatic carbocycles. The van der Waals surface area contributed by atoms with E-state index in [-0.39, 0.29) is 18.6 Å². The summed E-state index contributed by atoms with van der Waals surface area (Å²) in [6, 6.07) is 9.38. The molecule has 0 radical (unpaired) electrons. The second-order valence-corrected chi connectivity index (χ2v) is 8.04. The molecule has 1 unspecified atom stereocenters. The van der Waals surface area contributed by atoms with Gasteiger partial charge in [-0.05, 0) is 36.2 Å². The van der Waals surface area contributed by atoms with E-state index in [1.54, 1.807) is 10.6 Å². The van der Waals surface area contributed by atoms with Gasteiger partial charge in [0.1, 0.15) is 19.0 Å². The van der Waals surface area contributed by atoms with Crippen molar-refractivity contribution in [2.75, 3.05) is 6.79 Å². The number of ether oxygens (including phenoxy) is 2. The molecule has 0 amide bonds. The first-order chi connectivity index (χ1) is 14.5. The first-order valence-electron chi connectivity index (χ1n) is 9.73. The van der Waals surface area contributed by atoms with E-state index in [4.69, 9.17) is 26.1 Å². The van der Waals surface area contributed by atoms with Crippen LogP contribution in [-0.2, 0) is 33.0 Å². The lowest BCUT2D eigenvalue weighted by Crippen LogP contribution is -2.35. The Hall–Kier alpha value is -2.74. The Bertz CT molecular complexity index is 1270. The highest BCUT2D eigenvalue weighted by Crippen LogP contribution is 2.41. The highest BCUT2D eigenvalue weighted by atomic mass is 35.5. The first kappa shape index (κ1) is 19.2. The normalized spacial score (nSPS) is 19.8. The summed E-state index contributed by atoms with van der Waals surface area (Å²) in [5, 5.41) is 11.0. The number of aromatic nitrogens is 2. The Labute approximate surface area is 176 Å². The van der Waals surface area contributed by atoms with E-state index in [9.17, 15) is 14.7 Å². The molecule has 2 aliphatic heterocycles. The number of benzene rings is 1. The van der Waals surface area contributed by atoms with E-state index in [0.717, 1.165) is 16.5 Å². The maximum Gasteiger partial charge on any atom is 0.309 e. The zero-order valence-corrected chi connectivity index (χ0v) is 17.0. The zero-order valence-electron chi connectivity index (χ0n) is 16.3. The van der Waals surface area contributed by atoms with Crippen LogP contribution in [0.3, 0.4) is 0 Å². The Kier molecular flexibility index (Phi) is 4.43. The van der Waals surface area contributed by atoms with E-state index in [0.29, 0.717) is 40.5 Å². The summed E-state index contributed by atoms with van der Waals surface area (Å²) in [6.07, 6.45) is 0.319. The maximum atomic E-state index is 13.4. The molecule has 0 bridgehead atoms. The van der Waals surface area contributed by atoms with Crippen molar-refractivity contribution in [2.24, 2.45) is 0 Å². The Morgan fingerprint density at radius 3 is 2.90 bits per heavy atom. The van der Waals surface area contributed by atoms with Gasteiger partial charge in [-0.1, -0.05) is 24.6 Å². The average Bonchev–Trinajstić information content (AvgIpc) is 3.01. The fourth-order valence-corrected chi connectivity index (χ4v) is 4.65. The van der Waals surface area contributed by atoms with E-state index in [1.807, 2.05) is 31.2 Å². The second-order valence-electron chi connectivity index (χ2n) is 7.60. The molecule has 0 saturated carbocycles. The van der Waals surface area contributed by atoms with Crippen molar-refractivity contribution in [1.29, 1.82) is 0 Å². The van der Waals surface area contributed by atoms with Gasteiger partial charge >= 0.3 is 5.97 Å². The smallest absolute Gasteiger partial charge is 0.309 e. The zero-order chi connectivity index (χ0) is 21.0. The van der Waals surface area contributed by atoms with E-state index >= 15 is 0 Å². The molecule has 154 valence electrons. The van der Waals surface area contributed by atoms with Crippen LogP contribution >= 0.6 is 11.6 Å². The lowest BCUT2D eigenvalue weighted by atomic mass is 9.85. The lowest BCUT2D eigenvalue weighted by molar-refractivity contribution is -0.161. The average molecular weight is 427 g/mol. The number of aliphatic hydroxyl groups is 1. The van der Waals surface area contributed by atoms with Crippen molar-refractivity contribution in [3.63, 3.8) is 0 Å². The van der Waals surface area contributed by atoms with Crippen LogP contribution < -0.4 is 5.56 Å². The predicted molar refractivity (Wildman–Crippen MR) is 110 cm³/mol. The number of esters is 1. The number of hydrogen-bond acceptors (Lipinski definition) is 6. The minimum atomic E-state index is -1.13. The third-order valence-corrected chi connectivity index (χ3v) is 6.28. The third kappa shape index (κ3) is 2.77. The molecular formula is C22H19ClN2O5. The Morgan fingerprint density at radius 2 is 2.13 bits per heavy atom. The quantitative estimate of drug-likeness (QED) is 0.400. The molecule has 0 spiro atoms. The van der Waals surface area contributed by atoms with E-state index < -0.39 is 18.4 Å². The van der Waals surface area contributed by atoms with Crippen LogP contribution in [0.5, 0.6) is 0 Å². The molecule has 7 nitrogen and oxygen atoms in total. The third-order valence-electron chi connectivity index (χ3n) is 6.04. The summed E-state index contributed by atoms with van der Waals surface area (Å²) in [4.78, 5) is 30.4. The molecule has 0 fully saturated rings. The minimum Gasteiger partial charge on any atom is -0.460 e. The fourth-order valence-electron chi connectivity index (χ4n) is 4.49. The molecule has 1 aromatic carbocycles. The number of cyclic esters (lactones) is 1. The van der Waals surface area contributed by atoms with Crippen LogP contribution in [-0.4, -0.2) is 27.4 Å². The largest absolute Gasteiger partial charge is 0.460 e. The molecule has 4 heterocycles. The van der Waals surface area contributed by atoms with Crippen molar-refractivity contribution in [3.05, 3.63) is 62.4 Å². The molecule has 30 heavy (non-hydrogen) atoms. The summed E-state index contributed by atoms with van der Waals surface area (Å²) < 4.78 is 12.6. The van der Waals surface area contributed by atoms with Crippen LogP contribution in [0.4, 0.5) is 0 Å². The summed E-state index contributed by atoms with van der Waals surface area (Å²) >= 11 is 6.13. The van der Waals surface area contributed by atoms with Gasteiger partial charge in [0, 0.05) is 16.0 Å². The van der Waals surface area contributed by atoms with Crippen molar-refractivity contribution >= 4 is 28.5 Å². The standard InChI is InChI=1S/C22H19ClN2O5/c1-2-22(30-11-26)8-19(27)29-10-15-16(22)7-18-20-13(9-25(18)21(15)28)5-12-3-4-14(23)6-17(12)24-20/h3-7,26H,2,8-11H2,1H3. The number of halogens is 1. The number of fused-ring (bicyclic) bond motifs is 5. The second kappa shape index (κ2) is 6.91. The molecule has 3 aromatic rings. The Morgan fingerprint density at radius 1 is 1.30 bits per heavy atom. The summed E-state index contributed by atoms with van der Waals surface area (Å²) in [5.74, 6) is -0.467. The number of nitrogens with zero attached hydrogens (tertiary/aromatic N) is 2.